The molecule has 1 aliphatic heterocycles. The number of piperidine rings is 1. The molecule has 1 fully saturated rings. The lowest BCUT2D eigenvalue weighted by molar-refractivity contribution is -0.132. The van der Waals surface area contributed by atoms with E-state index < -0.39 is 15.1 Å². The molecule has 0 unspecified atom stereocenters. The maximum absolute atomic E-state index is 12.8. The predicted octanol–water partition coefficient (Wildman–Crippen LogP) is 1.36. The Morgan fingerprint density at radius 2 is 1.92 bits per heavy atom. The fraction of sp³-hybridized carbons (Fsp3) is 0.412. The largest absolute Gasteiger partial charge is 0.497 e. The Hall–Kier alpha value is -2.35. The Balaban J connectivity index is 1.61. The van der Waals surface area contributed by atoms with Gasteiger partial charge >= 0.3 is 0 Å². The lowest BCUT2D eigenvalue weighted by atomic mass is 10.1. The van der Waals surface area contributed by atoms with E-state index in [1.165, 1.54) is 0 Å². The maximum Gasteiger partial charge on any atom is 0.244 e. The number of hydrogen-bond acceptors (Lipinski definition) is 5. The highest BCUT2D eigenvalue weighted by Gasteiger charge is 2.32. The van der Waals surface area contributed by atoms with E-state index in [0.29, 0.717) is 36.6 Å². The van der Waals surface area contributed by atoms with E-state index in [1.807, 2.05) is 0 Å². The van der Waals surface area contributed by atoms with Crippen molar-refractivity contribution in [2.75, 3.05) is 20.2 Å². The summed E-state index contributed by atoms with van der Waals surface area (Å²) >= 11 is 0. The molecular weight excluding hydrogens is 342 g/mol. The topological polar surface area (TPSA) is 81.5 Å². The highest BCUT2D eigenvalue weighted by atomic mass is 32.2. The minimum Gasteiger partial charge on any atom is -0.497 e. The number of nitrogens with zero attached hydrogens (tertiary/aromatic N) is 3. The SMILES string of the molecule is COc1ccc(S(=O)(=O)C2CCN(C(=O)Cn3cccn3)CC2)cc1. The number of likely N-dealkylation sites (tertiary alicyclic amines) is 1. The molecule has 0 N–H and O–H groups in total. The van der Waals surface area contributed by atoms with Crippen LogP contribution in [0.4, 0.5) is 0 Å². The Morgan fingerprint density at radius 1 is 1.24 bits per heavy atom. The van der Waals surface area contributed by atoms with Crippen LogP contribution >= 0.6 is 0 Å². The first kappa shape index (κ1) is 17.5. The molecule has 1 saturated heterocycles. The number of carbonyl (C=O) groups is 1. The van der Waals surface area contributed by atoms with E-state index in [0.717, 1.165) is 0 Å². The Morgan fingerprint density at radius 3 is 2.48 bits per heavy atom. The quantitative estimate of drug-likeness (QED) is 0.801. The van der Waals surface area contributed by atoms with Crippen molar-refractivity contribution >= 4 is 15.7 Å². The van der Waals surface area contributed by atoms with Gasteiger partial charge in [-0.15, -0.1) is 0 Å². The average Bonchev–Trinajstić information content (AvgIpc) is 3.15. The van der Waals surface area contributed by atoms with Crippen LogP contribution in [0.25, 0.3) is 0 Å². The Kier molecular flexibility index (Phi) is 5.08. The van der Waals surface area contributed by atoms with Gasteiger partial charge in [0.2, 0.25) is 5.91 Å². The van der Waals surface area contributed by atoms with Gasteiger partial charge in [0.15, 0.2) is 9.84 Å². The van der Waals surface area contributed by atoms with E-state index >= 15 is 0 Å². The lowest BCUT2D eigenvalue weighted by Gasteiger charge is -2.31. The third kappa shape index (κ3) is 3.84. The third-order valence-corrected chi connectivity index (χ3v) is 6.76. The molecule has 25 heavy (non-hydrogen) atoms. The van der Waals surface area contributed by atoms with Gasteiger partial charge in [0, 0.05) is 25.5 Å². The molecule has 8 heteroatoms. The molecule has 0 bridgehead atoms. The number of benzene rings is 1. The third-order valence-electron chi connectivity index (χ3n) is 4.48. The first-order valence-corrected chi connectivity index (χ1v) is 9.68. The molecule has 0 spiro atoms. The summed E-state index contributed by atoms with van der Waals surface area (Å²) in [6, 6.07) is 8.21. The molecule has 0 radical (unpaired) electrons. The molecule has 2 heterocycles. The van der Waals surface area contributed by atoms with Gasteiger partial charge in [-0.1, -0.05) is 0 Å². The van der Waals surface area contributed by atoms with Crippen molar-refractivity contribution in [2.24, 2.45) is 0 Å². The number of hydrogen-bond donors (Lipinski definition) is 0. The molecule has 1 aromatic carbocycles. The van der Waals surface area contributed by atoms with E-state index in [-0.39, 0.29) is 12.5 Å². The normalized spacial score (nSPS) is 16.0. The monoisotopic (exact) mass is 363 g/mol. The van der Waals surface area contributed by atoms with Gasteiger partial charge in [-0.3, -0.25) is 9.48 Å². The summed E-state index contributed by atoms with van der Waals surface area (Å²) in [6.07, 6.45) is 4.25. The second-order valence-electron chi connectivity index (χ2n) is 6.00. The van der Waals surface area contributed by atoms with Crippen molar-refractivity contribution in [2.45, 2.75) is 29.5 Å². The van der Waals surface area contributed by atoms with Crippen molar-refractivity contribution < 1.29 is 17.9 Å². The van der Waals surface area contributed by atoms with Crippen LogP contribution in [0.5, 0.6) is 5.75 Å². The minimum atomic E-state index is -3.40. The smallest absolute Gasteiger partial charge is 0.244 e. The molecule has 1 aliphatic rings. The number of methoxy groups -OCH3 is 1. The van der Waals surface area contributed by atoms with E-state index in [9.17, 15) is 13.2 Å². The first-order chi connectivity index (χ1) is 12.0. The van der Waals surface area contributed by atoms with Gasteiger partial charge in [0.1, 0.15) is 12.3 Å². The average molecular weight is 363 g/mol. The molecule has 7 nitrogen and oxygen atoms in total. The number of amides is 1. The molecule has 1 aromatic heterocycles. The van der Waals surface area contributed by atoms with Crippen molar-refractivity contribution in [1.82, 2.24) is 14.7 Å². The van der Waals surface area contributed by atoms with Gasteiger partial charge in [-0.05, 0) is 43.2 Å². The molecule has 2 aromatic rings. The number of aromatic nitrogens is 2. The van der Waals surface area contributed by atoms with E-state index in [4.69, 9.17) is 4.74 Å². The standard InChI is InChI=1S/C17H21N3O4S/c1-24-14-3-5-15(6-4-14)25(22,23)16-7-11-19(12-8-16)17(21)13-20-10-2-9-18-20/h2-6,9-10,16H,7-8,11-13H2,1H3. The molecular formula is C17H21N3O4S. The van der Waals surface area contributed by atoms with Crippen LogP contribution in [0.15, 0.2) is 47.6 Å². The maximum atomic E-state index is 12.8. The van der Waals surface area contributed by atoms with Crippen molar-refractivity contribution in [3.63, 3.8) is 0 Å². The number of carbonyl (C=O) groups excluding carboxylic acids is 1. The van der Waals surface area contributed by atoms with Gasteiger partial charge < -0.3 is 9.64 Å². The summed E-state index contributed by atoms with van der Waals surface area (Å²) in [5.41, 5.74) is 0. The zero-order chi connectivity index (χ0) is 17.9. The van der Waals surface area contributed by atoms with Gasteiger partial charge in [0.05, 0.1) is 17.3 Å². The highest BCUT2D eigenvalue weighted by molar-refractivity contribution is 7.92. The number of ether oxygens (including phenoxy) is 1. The predicted molar refractivity (Wildman–Crippen MR) is 92.0 cm³/mol. The van der Waals surface area contributed by atoms with Crippen LogP contribution in [0, 0.1) is 0 Å². The van der Waals surface area contributed by atoms with Crippen LogP contribution in [-0.4, -0.2) is 54.5 Å². The highest BCUT2D eigenvalue weighted by Crippen LogP contribution is 2.26. The van der Waals surface area contributed by atoms with Gasteiger partial charge in [-0.25, -0.2) is 8.42 Å². The molecule has 0 atom stereocenters. The summed E-state index contributed by atoms with van der Waals surface area (Å²) in [4.78, 5) is 14.3. The van der Waals surface area contributed by atoms with Crippen LogP contribution in [0.3, 0.4) is 0 Å². The zero-order valence-electron chi connectivity index (χ0n) is 14.0. The summed E-state index contributed by atoms with van der Waals surface area (Å²) in [6.45, 7) is 1.07. The number of rotatable bonds is 5. The van der Waals surface area contributed by atoms with Crippen LogP contribution < -0.4 is 4.74 Å². The Bertz CT molecular complexity index is 808. The molecule has 0 saturated carbocycles. The van der Waals surface area contributed by atoms with Gasteiger partial charge in [-0.2, -0.15) is 5.10 Å². The minimum absolute atomic E-state index is 0.0380. The first-order valence-electron chi connectivity index (χ1n) is 8.14. The van der Waals surface area contributed by atoms with Crippen LogP contribution in [0.2, 0.25) is 0 Å². The van der Waals surface area contributed by atoms with Crippen LogP contribution in [-0.2, 0) is 21.2 Å². The zero-order valence-corrected chi connectivity index (χ0v) is 14.9. The molecule has 3 rings (SSSR count). The summed E-state index contributed by atoms with van der Waals surface area (Å²) < 4.78 is 32.2. The van der Waals surface area contributed by atoms with E-state index in [2.05, 4.69) is 5.10 Å². The fourth-order valence-corrected chi connectivity index (χ4v) is 4.74. The van der Waals surface area contributed by atoms with Crippen molar-refractivity contribution in [3.8, 4) is 5.75 Å². The summed E-state index contributed by atoms with van der Waals surface area (Å²) in [5.74, 6) is 0.585. The fourth-order valence-electron chi connectivity index (χ4n) is 3.01. The molecule has 134 valence electrons. The van der Waals surface area contributed by atoms with Crippen LogP contribution in [0.1, 0.15) is 12.8 Å². The molecule has 0 aliphatic carbocycles. The van der Waals surface area contributed by atoms with Crippen molar-refractivity contribution in [3.05, 3.63) is 42.7 Å². The summed E-state index contributed by atoms with van der Waals surface area (Å²) in [5, 5.41) is 3.56. The molecule has 1 amide bonds. The summed E-state index contributed by atoms with van der Waals surface area (Å²) in [7, 11) is -1.86. The van der Waals surface area contributed by atoms with Crippen molar-refractivity contribution in [1.29, 1.82) is 0 Å². The number of sulfone groups is 1. The lowest BCUT2D eigenvalue weighted by Crippen LogP contribution is -2.43. The second-order valence-corrected chi connectivity index (χ2v) is 8.23. The van der Waals surface area contributed by atoms with E-state index in [1.54, 1.807) is 59.4 Å². The second kappa shape index (κ2) is 7.26. The Labute approximate surface area is 147 Å². The van der Waals surface area contributed by atoms with Gasteiger partial charge in [0.25, 0.3) is 0 Å².